The predicted octanol–water partition coefficient (Wildman–Crippen LogP) is -0.556. The van der Waals surface area contributed by atoms with Crippen LogP contribution in [0.3, 0.4) is 0 Å². The largest absolute Gasteiger partial charge is 0.384 e. The van der Waals surface area contributed by atoms with Crippen molar-refractivity contribution in [2.75, 3.05) is 20.3 Å². The highest BCUT2D eigenvalue weighted by atomic mass is 16.5. The fraction of sp³-hybridized carbons (Fsp3) is 0.750. The van der Waals surface area contributed by atoms with Gasteiger partial charge in [0.2, 0.25) is 5.91 Å². The summed E-state index contributed by atoms with van der Waals surface area (Å²) in [6.07, 6.45) is 4.37. The number of nitrogens with one attached hydrogen (secondary N) is 1. The molecule has 1 aliphatic heterocycles. The Morgan fingerprint density at radius 3 is 3.05 bits per heavy atom. The number of hydrogen-bond acceptors (Lipinski definition) is 5. The molecule has 2 heterocycles. The lowest BCUT2D eigenvalue weighted by molar-refractivity contribution is -0.130. The van der Waals surface area contributed by atoms with Crippen LogP contribution in [0.2, 0.25) is 0 Å². The standard InChI is InChI=1S/C12H18N4O3/c1-18-7-9-11(8-2-5-19-12(8)9)15-10(17)6-16-13-3-4-14-16/h3-4,8-9,11-12H,2,5-7H2,1H3,(H,15,17)/t8-,9+,11+,12-/m0/s1. The van der Waals surface area contributed by atoms with Crippen LogP contribution in [0, 0.1) is 11.8 Å². The van der Waals surface area contributed by atoms with Gasteiger partial charge in [-0.3, -0.25) is 4.79 Å². The molecule has 0 aromatic carbocycles. The van der Waals surface area contributed by atoms with Crippen LogP contribution in [0.25, 0.3) is 0 Å². The number of carbonyl (C=O) groups is 1. The summed E-state index contributed by atoms with van der Waals surface area (Å²) in [5.41, 5.74) is 0. The highest BCUT2D eigenvalue weighted by molar-refractivity contribution is 5.76. The van der Waals surface area contributed by atoms with Crippen molar-refractivity contribution in [2.24, 2.45) is 11.8 Å². The molecule has 0 radical (unpaired) electrons. The molecule has 2 aliphatic rings. The van der Waals surface area contributed by atoms with E-state index in [0.29, 0.717) is 12.5 Å². The van der Waals surface area contributed by atoms with E-state index in [4.69, 9.17) is 9.47 Å². The quantitative estimate of drug-likeness (QED) is 0.773. The molecule has 4 atom stereocenters. The number of amides is 1. The Bertz CT molecular complexity index is 436. The molecule has 104 valence electrons. The van der Waals surface area contributed by atoms with E-state index in [9.17, 15) is 4.79 Å². The minimum Gasteiger partial charge on any atom is -0.384 e. The maximum absolute atomic E-state index is 12.0. The smallest absolute Gasteiger partial charge is 0.243 e. The molecule has 19 heavy (non-hydrogen) atoms. The number of rotatable bonds is 5. The number of ether oxygens (including phenoxy) is 2. The monoisotopic (exact) mass is 266 g/mol. The van der Waals surface area contributed by atoms with Crippen molar-refractivity contribution >= 4 is 5.91 Å². The first kappa shape index (κ1) is 12.6. The van der Waals surface area contributed by atoms with Crippen LogP contribution >= 0.6 is 0 Å². The number of fused-ring (bicyclic) bond motifs is 1. The second kappa shape index (κ2) is 5.26. The van der Waals surface area contributed by atoms with E-state index in [-0.39, 0.29) is 30.5 Å². The Morgan fingerprint density at radius 1 is 1.53 bits per heavy atom. The van der Waals surface area contributed by atoms with E-state index in [1.165, 1.54) is 4.80 Å². The van der Waals surface area contributed by atoms with Gasteiger partial charge in [-0.15, -0.1) is 0 Å². The summed E-state index contributed by atoms with van der Waals surface area (Å²) in [5.74, 6) is 0.620. The highest BCUT2D eigenvalue weighted by Crippen LogP contribution is 2.43. The van der Waals surface area contributed by atoms with Gasteiger partial charge < -0.3 is 14.8 Å². The predicted molar refractivity (Wildman–Crippen MR) is 65.2 cm³/mol. The fourth-order valence-electron chi connectivity index (χ4n) is 3.12. The van der Waals surface area contributed by atoms with Crippen LogP contribution in [0.1, 0.15) is 6.42 Å². The van der Waals surface area contributed by atoms with Crippen LogP contribution in [-0.4, -0.2) is 53.4 Å². The minimum absolute atomic E-state index is 0.0624. The minimum atomic E-state index is -0.0624. The zero-order valence-electron chi connectivity index (χ0n) is 10.9. The third kappa shape index (κ3) is 2.35. The molecule has 1 N–H and O–H groups in total. The zero-order chi connectivity index (χ0) is 13.2. The second-order valence-corrected chi connectivity index (χ2v) is 5.06. The van der Waals surface area contributed by atoms with Gasteiger partial charge in [-0.05, 0) is 6.42 Å². The molecular weight excluding hydrogens is 248 g/mol. The Kier molecular flexibility index (Phi) is 3.48. The zero-order valence-corrected chi connectivity index (χ0v) is 10.9. The van der Waals surface area contributed by atoms with Gasteiger partial charge in [0.25, 0.3) is 0 Å². The molecular formula is C12H18N4O3. The molecule has 1 saturated heterocycles. The molecule has 7 heteroatoms. The van der Waals surface area contributed by atoms with Crippen LogP contribution < -0.4 is 5.32 Å². The Morgan fingerprint density at radius 2 is 2.32 bits per heavy atom. The van der Waals surface area contributed by atoms with E-state index in [0.717, 1.165) is 13.0 Å². The van der Waals surface area contributed by atoms with Crippen molar-refractivity contribution in [3.8, 4) is 0 Å². The van der Waals surface area contributed by atoms with Gasteiger partial charge in [0, 0.05) is 31.6 Å². The van der Waals surface area contributed by atoms with E-state index >= 15 is 0 Å². The molecule has 1 saturated carbocycles. The number of hydrogen-bond donors (Lipinski definition) is 1. The summed E-state index contributed by atoms with van der Waals surface area (Å²) < 4.78 is 10.9. The first-order valence-electron chi connectivity index (χ1n) is 6.53. The van der Waals surface area contributed by atoms with Gasteiger partial charge in [-0.1, -0.05) is 0 Å². The molecule has 1 aromatic heterocycles. The van der Waals surface area contributed by atoms with Crippen LogP contribution in [0.4, 0.5) is 0 Å². The second-order valence-electron chi connectivity index (χ2n) is 5.06. The molecule has 1 aromatic rings. The maximum Gasteiger partial charge on any atom is 0.243 e. The topological polar surface area (TPSA) is 78.3 Å². The number of carbonyl (C=O) groups excluding carboxylic acids is 1. The maximum atomic E-state index is 12.0. The molecule has 7 nitrogen and oxygen atoms in total. The lowest BCUT2D eigenvalue weighted by Gasteiger charge is -2.47. The van der Waals surface area contributed by atoms with Crippen molar-refractivity contribution in [1.82, 2.24) is 20.3 Å². The Hall–Kier alpha value is -1.47. The molecule has 0 bridgehead atoms. The first-order valence-corrected chi connectivity index (χ1v) is 6.53. The van der Waals surface area contributed by atoms with Gasteiger partial charge >= 0.3 is 0 Å². The first-order chi connectivity index (χ1) is 9.29. The Labute approximate surface area is 111 Å². The van der Waals surface area contributed by atoms with Crippen molar-refractivity contribution in [3.63, 3.8) is 0 Å². The lowest BCUT2D eigenvalue weighted by atomic mass is 9.67. The third-order valence-corrected chi connectivity index (χ3v) is 3.97. The van der Waals surface area contributed by atoms with Crippen molar-refractivity contribution in [2.45, 2.75) is 25.1 Å². The molecule has 3 rings (SSSR count). The summed E-state index contributed by atoms with van der Waals surface area (Å²) in [7, 11) is 1.68. The molecule has 1 amide bonds. The summed E-state index contributed by atoms with van der Waals surface area (Å²) in [5, 5.41) is 10.9. The van der Waals surface area contributed by atoms with Crippen LogP contribution in [0.5, 0.6) is 0 Å². The van der Waals surface area contributed by atoms with Gasteiger partial charge in [0.15, 0.2) is 0 Å². The van der Waals surface area contributed by atoms with Crippen LogP contribution in [0.15, 0.2) is 12.4 Å². The Balaban J connectivity index is 1.57. The van der Waals surface area contributed by atoms with E-state index < -0.39 is 0 Å². The van der Waals surface area contributed by atoms with Gasteiger partial charge in [-0.25, -0.2) is 0 Å². The van der Waals surface area contributed by atoms with E-state index in [1.54, 1.807) is 19.5 Å². The summed E-state index contributed by atoms with van der Waals surface area (Å²) in [6, 6.07) is 0.149. The number of methoxy groups -OCH3 is 1. The van der Waals surface area contributed by atoms with Gasteiger partial charge in [0.1, 0.15) is 6.54 Å². The van der Waals surface area contributed by atoms with Gasteiger partial charge in [-0.2, -0.15) is 15.0 Å². The molecule has 0 unspecified atom stereocenters. The fourth-order valence-corrected chi connectivity index (χ4v) is 3.12. The van der Waals surface area contributed by atoms with Crippen molar-refractivity contribution in [3.05, 3.63) is 12.4 Å². The lowest BCUT2D eigenvalue weighted by Crippen LogP contribution is -2.63. The average molecular weight is 266 g/mol. The normalized spacial score (nSPS) is 32.7. The average Bonchev–Trinajstić information content (AvgIpc) is 3.02. The third-order valence-electron chi connectivity index (χ3n) is 3.97. The van der Waals surface area contributed by atoms with E-state index in [2.05, 4.69) is 15.5 Å². The number of aromatic nitrogens is 3. The van der Waals surface area contributed by atoms with Crippen molar-refractivity contribution in [1.29, 1.82) is 0 Å². The van der Waals surface area contributed by atoms with Crippen LogP contribution in [-0.2, 0) is 20.8 Å². The molecule has 2 fully saturated rings. The number of nitrogens with zero attached hydrogens (tertiary/aromatic N) is 3. The van der Waals surface area contributed by atoms with Gasteiger partial charge in [0.05, 0.1) is 25.1 Å². The highest BCUT2D eigenvalue weighted by Gasteiger charge is 2.54. The molecule has 1 aliphatic carbocycles. The summed E-state index contributed by atoms with van der Waals surface area (Å²) in [4.78, 5) is 13.3. The summed E-state index contributed by atoms with van der Waals surface area (Å²) in [6.45, 7) is 1.55. The van der Waals surface area contributed by atoms with E-state index in [1.807, 2.05) is 0 Å². The molecule has 0 spiro atoms. The van der Waals surface area contributed by atoms with Crippen molar-refractivity contribution < 1.29 is 14.3 Å². The SMILES string of the molecule is COC[C@@H]1[C@H](NC(=O)Cn2nccn2)[C@@H]2CCO[C@H]12. The summed E-state index contributed by atoms with van der Waals surface area (Å²) >= 11 is 0.